The first kappa shape index (κ1) is 24.7. The zero-order valence-electron chi connectivity index (χ0n) is 18.1. The molecule has 0 saturated heterocycles. The number of aliphatic imine (C=N–C) groups is 1. The lowest BCUT2D eigenvalue weighted by Crippen LogP contribution is -2.31. The van der Waals surface area contributed by atoms with E-state index in [2.05, 4.69) is 20.6 Å². The zero-order valence-corrected chi connectivity index (χ0v) is 20.5. The van der Waals surface area contributed by atoms with Crippen molar-refractivity contribution in [2.75, 3.05) is 18.5 Å². The molecule has 0 bridgehead atoms. The largest absolute Gasteiger partial charge is 0.490 e. The molecule has 0 amide bonds. The first-order chi connectivity index (χ1) is 15.6. The smallest absolute Gasteiger partial charge is 0.319 e. The minimum Gasteiger partial charge on any atom is -0.490 e. The topological polar surface area (TPSA) is 72.7 Å². The van der Waals surface area contributed by atoms with Crippen molar-refractivity contribution in [3.05, 3.63) is 71.8 Å². The van der Waals surface area contributed by atoms with Crippen LogP contribution in [0.2, 0.25) is 0 Å². The standard InChI is InChI=1S/C23H25F2N5O2.HI/c1-16-5-2-3-6-17(16)14-27-23(28-15-21-26-9-10-30(21)22(24)25)29-18-7-8-19-20(13-18)32-12-4-11-31-19;/h2-3,5-10,13,22H,4,11-12,14-15H2,1H3,(H2,27,28,29);1H. The van der Waals surface area contributed by atoms with Crippen LogP contribution in [0.25, 0.3) is 0 Å². The average Bonchev–Trinajstić information content (AvgIpc) is 3.14. The number of hydrogen-bond donors (Lipinski definition) is 2. The number of hydrogen-bond acceptors (Lipinski definition) is 4. The van der Waals surface area contributed by atoms with E-state index in [9.17, 15) is 8.78 Å². The van der Waals surface area contributed by atoms with Gasteiger partial charge in [0.2, 0.25) is 0 Å². The molecule has 3 aromatic rings. The van der Waals surface area contributed by atoms with Crippen molar-refractivity contribution in [3.63, 3.8) is 0 Å². The van der Waals surface area contributed by atoms with E-state index in [-0.39, 0.29) is 36.3 Å². The minimum atomic E-state index is -2.66. The Labute approximate surface area is 208 Å². The van der Waals surface area contributed by atoms with E-state index >= 15 is 0 Å². The maximum Gasteiger partial charge on any atom is 0.319 e. The number of benzene rings is 2. The van der Waals surface area contributed by atoms with E-state index in [0.29, 0.717) is 37.2 Å². The molecule has 1 aliphatic heterocycles. The average molecular weight is 569 g/mol. The number of anilines is 1. The Morgan fingerprint density at radius 2 is 1.94 bits per heavy atom. The lowest BCUT2D eigenvalue weighted by atomic mass is 10.1. The molecule has 1 aliphatic rings. The van der Waals surface area contributed by atoms with Crippen LogP contribution in [-0.2, 0) is 13.1 Å². The van der Waals surface area contributed by atoms with E-state index in [4.69, 9.17) is 9.47 Å². The number of guanidine groups is 1. The number of aromatic nitrogens is 2. The summed E-state index contributed by atoms with van der Waals surface area (Å²) in [5.41, 5.74) is 2.93. The van der Waals surface area contributed by atoms with Gasteiger partial charge >= 0.3 is 6.55 Å². The second kappa shape index (κ2) is 11.8. The number of halogens is 3. The number of alkyl halides is 2. The lowest BCUT2D eigenvalue weighted by molar-refractivity contribution is 0.0668. The highest BCUT2D eigenvalue weighted by Crippen LogP contribution is 2.32. The summed E-state index contributed by atoms with van der Waals surface area (Å²) in [6.45, 7) is 1.07. The maximum absolute atomic E-state index is 13.2. The molecule has 0 radical (unpaired) electrons. The first-order valence-electron chi connectivity index (χ1n) is 10.4. The lowest BCUT2D eigenvalue weighted by Gasteiger charge is -2.15. The molecule has 0 saturated carbocycles. The highest BCUT2D eigenvalue weighted by atomic mass is 127. The Morgan fingerprint density at radius 3 is 2.73 bits per heavy atom. The number of imidazole rings is 1. The van der Waals surface area contributed by atoms with Crippen molar-refractivity contribution in [2.24, 2.45) is 4.99 Å². The molecule has 0 spiro atoms. The van der Waals surface area contributed by atoms with Gasteiger partial charge in [-0.25, -0.2) is 9.98 Å². The summed E-state index contributed by atoms with van der Waals surface area (Å²) in [6.07, 6.45) is 3.42. The van der Waals surface area contributed by atoms with Crippen molar-refractivity contribution in [1.82, 2.24) is 14.9 Å². The van der Waals surface area contributed by atoms with Gasteiger partial charge in [0.1, 0.15) is 5.82 Å². The quantitative estimate of drug-likeness (QED) is 0.245. The molecule has 10 heteroatoms. The normalized spacial score (nSPS) is 13.3. The number of nitrogens with zero attached hydrogens (tertiary/aromatic N) is 3. The third-order valence-electron chi connectivity index (χ3n) is 5.05. The molecule has 33 heavy (non-hydrogen) atoms. The first-order valence-corrected chi connectivity index (χ1v) is 10.4. The maximum atomic E-state index is 13.2. The van der Waals surface area contributed by atoms with Gasteiger partial charge in [-0.15, -0.1) is 24.0 Å². The predicted molar refractivity (Wildman–Crippen MR) is 134 cm³/mol. The van der Waals surface area contributed by atoms with Crippen LogP contribution in [0.15, 0.2) is 59.9 Å². The minimum absolute atomic E-state index is 0. The molecule has 0 unspecified atom stereocenters. The third kappa shape index (κ3) is 6.56. The predicted octanol–water partition coefficient (Wildman–Crippen LogP) is 5.12. The van der Waals surface area contributed by atoms with Crippen molar-refractivity contribution in [3.8, 4) is 11.5 Å². The fourth-order valence-corrected chi connectivity index (χ4v) is 3.29. The Bertz CT molecular complexity index is 1090. The van der Waals surface area contributed by atoms with E-state index < -0.39 is 6.55 Å². The van der Waals surface area contributed by atoms with Crippen LogP contribution in [-0.4, -0.2) is 28.7 Å². The summed E-state index contributed by atoms with van der Waals surface area (Å²) in [7, 11) is 0. The Kier molecular flexibility index (Phi) is 8.87. The zero-order chi connectivity index (χ0) is 22.3. The second-order valence-electron chi connectivity index (χ2n) is 7.31. The molecular weight excluding hydrogens is 543 g/mol. The van der Waals surface area contributed by atoms with Crippen LogP contribution in [0, 0.1) is 6.92 Å². The molecule has 4 rings (SSSR count). The molecule has 0 aliphatic carbocycles. The van der Waals surface area contributed by atoms with Gasteiger partial charge < -0.3 is 20.1 Å². The van der Waals surface area contributed by atoms with Gasteiger partial charge in [-0.1, -0.05) is 24.3 Å². The van der Waals surface area contributed by atoms with Crippen molar-refractivity contribution in [2.45, 2.75) is 33.0 Å². The molecule has 176 valence electrons. The fourth-order valence-electron chi connectivity index (χ4n) is 3.29. The molecule has 2 heterocycles. The van der Waals surface area contributed by atoms with Crippen LogP contribution >= 0.6 is 24.0 Å². The van der Waals surface area contributed by atoms with Crippen LogP contribution < -0.4 is 20.1 Å². The van der Waals surface area contributed by atoms with Crippen LogP contribution in [0.5, 0.6) is 11.5 Å². The molecule has 7 nitrogen and oxygen atoms in total. The monoisotopic (exact) mass is 569 g/mol. The van der Waals surface area contributed by atoms with Crippen molar-refractivity contribution >= 4 is 35.6 Å². The number of fused-ring (bicyclic) bond motifs is 1. The summed E-state index contributed by atoms with van der Waals surface area (Å²) in [5, 5.41) is 6.33. The molecule has 2 aromatic carbocycles. The van der Waals surface area contributed by atoms with E-state index in [1.54, 1.807) is 0 Å². The Hall–Kier alpha value is -2.89. The summed E-state index contributed by atoms with van der Waals surface area (Å²) in [4.78, 5) is 8.67. The fraction of sp³-hybridized carbons (Fsp3) is 0.304. The summed E-state index contributed by atoms with van der Waals surface area (Å²) >= 11 is 0. The molecule has 0 atom stereocenters. The van der Waals surface area contributed by atoms with Gasteiger partial charge in [-0.2, -0.15) is 8.78 Å². The van der Waals surface area contributed by atoms with Gasteiger partial charge in [0.15, 0.2) is 17.5 Å². The highest BCUT2D eigenvalue weighted by molar-refractivity contribution is 14.0. The molecule has 0 fully saturated rings. The molecule has 2 N–H and O–H groups in total. The Morgan fingerprint density at radius 1 is 1.15 bits per heavy atom. The molecule has 1 aromatic heterocycles. The van der Waals surface area contributed by atoms with E-state index in [0.717, 1.165) is 27.8 Å². The van der Waals surface area contributed by atoms with Gasteiger partial charge in [0, 0.05) is 30.6 Å². The number of rotatable bonds is 6. The third-order valence-corrected chi connectivity index (χ3v) is 5.05. The second-order valence-corrected chi connectivity index (χ2v) is 7.31. The summed E-state index contributed by atoms with van der Waals surface area (Å²) in [6, 6.07) is 13.5. The van der Waals surface area contributed by atoms with E-state index in [1.807, 2.05) is 49.4 Å². The highest BCUT2D eigenvalue weighted by Gasteiger charge is 2.14. The Balaban J connectivity index is 0.00000306. The van der Waals surface area contributed by atoms with Gasteiger partial charge in [-0.3, -0.25) is 4.57 Å². The summed E-state index contributed by atoms with van der Waals surface area (Å²) < 4.78 is 38.6. The summed E-state index contributed by atoms with van der Waals surface area (Å²) in [5.74, 6) is 1.99. The van der Waals surface area contributed by atoms with Crippen molar-refractivity contribution in [1.29, 1.82) is 0 Å². The number of ether oxygens (including phenoxy) is 2. The van der Waals surface area contributed by atoms with Crippen LogP contribution in [0.4, 0.5) is 14.5 Å². The van der Waals surface area contributed by atoms with Crippen LogP contribution in [0.3, 0.4) is 0 Å². The molecular formula is C23H26F2IN5O2. The van der Waals surface area contributed by atoms with Gasteiger partial charge in [-0.05, 0) is 30.2 Å². The van der Waals surface area contributed by atoms with Gasteiger partial charge in [0.25, 0.3) is 0 Å². The van der Waals surface area contributed by atoms with Gasteiger partial charge in [0.05, 0.1) is 26.3 Å². The van der Waals surface area contributed by atoms with E-state index in [1.165, 1.54) is 12.4 Å². The number of aryl methyl sites for hydroxylation is 1. The SMILES string of the molecule is Cc1ccccc1CN=C(NCc1nccn1C(F)F)Nc1ccc2c(c1)OCCCO2.I. The van der Waals surface area contributed by atoms with Crippen molar-refractivity contribution < 1.29 is 18.3 Å². The van der Waals surface area contributed by atoms with Crippen LogP contribution in [0.1, 0.15) is 29.9 Å². The number of nitrogens with one attached hydrogen (secondary N) is 2.